The first kappa shape index (κ1) is 32.2. The summed E-state index contributed by atoms with van der Waals surface area (Å²) < 4.78 is 46.1. The number of imidazole rings is 1. The fourth-order valence-electron chi connectivity index (χ4n) is 6.28. The predicted molar refractivity (Wildman–Crippen MR) is 172 cm³/mol. The number of anilines is 1. The van der Waals surface area contributed by atoms with Gasteiger partial charge >= 0.3 is 13.7 Å². The predicted octanol–water partition coefficient (Wildman–Crippen LogP) is 5.86. The Balaban J connectivity index is 1.21. The van der Waals surface area contributed by atoms with Crippen LogP contribution in [-0.2, 0) is 23.4 Å². The molecule has 3 heterocycles. The summed E-state index contributed by atoms with van der Waals surface area (Å²) in [4.78, 5) is 26.2. The normalized spacial score (nSPS) is 22.5. The van der Waals surface area contributed by atoms with Crippen molar-refractivity contribution < 1.29 is 32.6 Å². The number of benzene rings is 2. The summed E-state index contributed by atoms with van der Waals surface area (Å²) in [5.74, 6) is 0.883. The van der Waals surface area contributed by atoms with Crippen LogP contribution in [0.25, 0.3) is 21.9 Å². The zero-order valence-electron chi connectivity index (χ0n) is 26.5. The molecule has 6 rings (SSSR count). The van der Waals surface area contributed by atoms with Crippen molar-refractivity contribution in [1.82, 2.24) is 24.6 Å². The van der Waals surface area contributed by atoms with Crippen molar-refractivity contribution in [2.24, 2.45) is 5.92 Å². The lowest BCUT2D eigenvalue weighted by Crippen LogP contribution is -2.37. The molecule has 2 aliphatic rings. The van der Waals surface area contributed by atoms with Gasteiger partial charge in [0.15, 0.2) is 11.2 Å². The number of nitrogens with two attached hydrogens (primary N) is 1. The molecule has 0 bridgehead atoms. The summed E-state index contributed by atoms with van der Waals surface area (Å²) in [5.41, 5.74) is 6.94. The maximum absolute atomic E-state index is 14.4. The first-order valence-electron chi connectivity index (χ1n) is 15.8. The molecule has 46 heavy (non-hydrogen) atoms. The van der Waals surface area contributed by atoms with E-state index in [1.54, 1.807) is 13.0 Å². The van der Waals surface area contributed by atoms with E-state index in [2.05, 4.69) is 20.0 Å². The van der Waals surface area contributed by atoms with Crippen LogP contribution in [0.2, 0.25) is 0 Å². The lowest BCUT2D eigenvalue weighted by atomic mass is 9.98. The summed E-state index contributed by atoms with van der Waals surface area (Å²) in [6.07, 6.45) is 4.39. The van der Waals surface area contributed by atoms with Gasteiger partial charge in [-0.3, -0.25) is 13.9 Å². The zero-order valence-corrected chi connectivity index (χ0v) is 27.4. The van der Waals surface area contributed by atoms with Crippen LogP contribution in [0, 0.1) is 12.8 Å². The van der Waals surface area contributed by atoms with Crippen LogP contribution < -0.4 is 20.1 Å². The average molecular weight is 653 g/mol. The summed E-state index contributed by atoms with van der Waals surface area (Å²) >= 11 is 0. The minimum Gasteiger partial charge on any atom is -0.479 e. The van der Waals surface area contributed by atoms with Gasteiger partial charge < -0.3 is 24.5 Å². The van der Waals surface area contributed by atoms with Gasteiger partial charge in [-0.1, -0.05) is 49.7 Å². The number of carbonyl (C=O) groups excluding carboxylic acids is 1. The van der Waals surface area contributed by atoms with Crippen LogP contribution in [-0.4, -0.2) is 57.5 Å². The van der Waals surface area contributed by atoms with Crippen molar-refractivity contribution in [2.75, 3.05) is 19.5 Å². The van der Waals surface area contributed by atoms with E-state index in [0.717, 1.165) is 42.9 Å². The Bertz CT molecular complexity index is 1750. The minimum absolute atomic E-state index is 0.0163. The van der Waals surface area contributed by atoms with Gasteiger partial charge in [0.1, 0.15) is 29.9 Å². The maximum atomic E-state index is 14.4. The van der Waals surface area contributed by atoms with E-state index in [0.29, 0.717) is 29.2 Å². The maximum Gasteiger partial charge on any atom is 0.459 e. The first-order chi connectivity index (χ1) is 22.1. The minimum atomic E-state index is -4.13. The molecule has 0 amide bonds. The van der Waals surface area contributed by atoms with Crippen molar-refractivity contribution in [2.45, 2.75) is 83.8 Å². The number of rotatable bonds is 11. The summed E-state index contributed by atoms with van der Waals surface area (Å²) in [6, 6.07) is 12.2. The van der Waals surface area contributed by atoms with Gasteiger partial charge in [0.2, 0.25) is 11.8 Å². The molecule has 14 heteroatoms. The molecule has 5 unspecified atom stereocenters. The number of hydrogen-bond donors (Lipinski definition) is 2. The van der Waals surface area contributed by atoms with Crippen molar-refractivity contribution in [3.8, 4) is 11.6 Å². The highest BCUT2D eigenvalue weighted by Crippen LogP contribution is 2.48. The topological polar surface area (TPSA) is 162 Å². The number of nitrogens with one attached hydrogen (secondary N) is 1. The number of aryl methyl sites for hydroxylation is 1. The summed E-state index contributed by atoms with van der Waals surface area (Å²) in [5, 5.41) is 4.52. The lowest BCUT2D eigenvalue weighted by molar-refractivity contribution is -0.152. The first-order valence-corrected chi connectivity index (χ1v) is 17.3. The quantitative estimate of drug-likeness (QED) is 0.147. The van der Waals surface area contributed by atoms with Crippen LogP contribution in [0.5, 0.6) is 11.6 Å². The van der Waals surface area contributed by atoms with Gasteiger partial charge in [-0.25, -0.2) is 9.55 Å². The molecular formula is C32H41N6O7P. The number of methoxy groups -OCH3 is 1. The van der Waals surface area contributed by atoms with E-state index in [-0.39, 0.29) is 30.5 Å². The Morgan fingerprint density at radius 1 is 1.13 bits per heavy atom. The van der Waals surface area contributed by atoms with Gasteiger partial charge in [-0.05, 0) is 57.4 Å². The fraction of sp³-hybridized carbons (Fsp3) is 0.500. The average Bonchev–Trinajstić information content (AvgIpc) is 3.57. The Morgan fingerprint density at radius 2 is 1.89 bits per heavy atom. The second kappa shape index (κ2) is 13.5. The number of hydrogen-bond acceptors (Lipinski definition) is 11. The monoisotopic (exact) mass is 652 g/mol. The van der Waals surface area contributed by atoms with Crippen LogP contribution in [0.4, 0.5) is 5.95 Å². The van der Waals surface area contributed by atoms with Crippen LogP contribution in [0.15, 0.2) is 42.5 Å². The third-order valence-electron chi connectivity index (χ3n) is 8.54. The number of carbonyl (C=O) groups is 1. The van der Waals surface area contributed by atoms with E-state index >= 15 is 0 Å². The standard InChI is InChI=1S/C32H41N6O7P/c1-19-17-24(43-30(19)38-21(3)34-27-28(38)35-32(33)36-29(27)41-4)18-42-46(40,37-20(2)31(39)44-23-13-6-5-7-14-23)45-26-16-10-12-22-11-8-9-15-25(22)26/h8-12,15-16,19-20,23-24,30H,5-7,13-14,17-18H2,1-4H3,(H,37,40)(H2,33,35,36). The van der Waals surface area contributed by atoms with E-state index < -0.39 is 32.1 Å². The zero-order chi connectivity index (χ0) is 32.4. The molecule has 1 saturated carbocycles. The number of nitrogens with zero attached hydrogens (tertiary/aromatic N) is 4. The highest BCUT2D eigenvalue weighted by Gasteiger charge is 2.40. The van der Waals surface area contributed by atoms with Crippen LogP contribution in [0.3, 0.4) is 0 Å². The number of ether oxygens (including phenoxy) is 3. The van der Waals surface area contributed by atoms with Crippen molar-refractivity contribution >= 4 is 41.6 Å². The third kappa shape index (κ3) is 6.83. The van der Waals surface area contributed by atoms with E-state index in [1.807, 2.05) is 54.8 Å². The van der Waals surface area contributed by atoms with Crippen LogP contribution >= 0.6 is 7.75 Å². The molecular weight excluding hydrogens is 611 g/mol. The third-order valence-corrected chi connectivity index (χ3v) is 10.2. The molecule has 2 aromatic carbocycles. The van der Waals surface area contributed by atoms with Crippen molar-refractivity contribution in [3.63, 3.8) is 0 Å². The molecule has 1 saturated heterocycles. The summed E-state index contributed by atoms with van der Waals surface area (Å²) in [7, 11) is -2.63. The molecule has 1 aliphatic carbocycles. The number of esters is 1. The van der Waals surface area contributed by atoms with Crippen molar-refractivity contribution in [1.29, 1.82) is 0 Å². The molecule has 4 aromatic rings. The van der Waals surface area contributed by atoms with E-state index in [9.17, 15) is 9.36 Å². The second-order valence-electron chi connectivity index (χ2n) is 12.1. The SMILES string of the molecule is COc1nc(N)nc2c1nc(C)n2C1OC(COP(=O)(NC(C)C(=O)OC2CCCCC2)Oc2cccc3ccccc23)CC1C. The van der Waals surface area contributed by atoms with E-state index in [1.165, 1.54) is 7.11 Å². The Morgan fingerprint density at radius 3 is 2.67 bits per heavy atom. The molecule has 1 aliphatic heterocycles. The number of aromatic nitrogens is 4. The van der Waals surface area contributed by atoms with E-state index in [4.69, 9.17) is 29.0 Å². The Labute approximate surface area is 267 Å². The fourth-order valence-corrected chi connectivity index (χ4v) is 7.82. The van der Waals surface area contributed by atoms with Gasteiger partial charge in [0.05, 0.1) is 19.8 Å². The van der Waals surface area contributed by atoms with Gasteiger partial charge in [0.25, 0.3) is 0 Å². The molecule has 2 fully saturated rings. The second-order valence-corrected chi connectivity index (χ2v) is 13.8. The molecule has 0 radical (unpaired) electrons. The largest absolute Gasteiger partial charge is 0.479 e. The molecule has 246 valence electrons. The van der Waals surface area contributed by atoms with Crippen LogP contribution in [0.1, 0.15) is 64.4 Å². The van der Waals surface area contributed by atoms with Crippen molar-refractivity contribution in [3.05, 3.63) is 48.3 Å². The highest BCUT2D eigenvalue weighted by atomic mass is 31.2. The lowest BCUT2D eigenvalue weighted by Gasteiger charge is -2.27. The van der Waals surface area contributed by atoms with Gasteiger partial charge in [-0.2, -0.15) is 15.1 Å². The van der Waals surface area contributed by atoms with Gasteiger partial charge in [0, 0.05) is 11.3 Å². The summed E-state index contributed by atoms with van der Waals surface area (Å²) in [6.45, 7) is 5.44. The number of fused-ring (bicyclic) bond motifs is 2. The van der Waals surface area contributed by atoms with Gasteiger partial charge in [-0.15, -0.1) is 0 Å². The molecule has 5 atom stereocenters. The highest BCUT2D eigenvalue weighted by molar-refractivity contribution is 7.52. The smallest absolute Gasteiger partial charge is 0.459 e. The number of nitrogen functional groups attached to an aromatic ring is 1. The molecule has 2 aromatic heterocycles. The molecule has 0 spiro atoms. The Hall–Kier alpha value is -3.77. The molecule has 3 N–H and O–H groups in total. The Kier molecular flexibility index (Phi) is 9.47. The molecule has 13 nitrogen and oxygen atoms in total.